The molecule has 0 atom stereocenters. The number of aryl methyl sites for hydroxylation is 3. The Morgan fingerprint density at radius 3 is 1.62 bits per heavy atom. The summed E-state index contributed by atoms with van der Waals surface area (Å²) >= 11 is 0. The van der Waals surface area contributed by atoms with Crippen molar-refractivity contribution in [1.82, 2.24) is 9.97 Å². The number of nitrogens with one attached hydrogen (secondary N) is 2. The Hall–Kier alpha value is -6.34. The Labute approximate surface area is 350 Å². The van der Waals surface area contributed by atoms with Crippen LogP contribution in [0.1, 0.15) is 28.1 Å². The standard InChI is InChI=1S/C44H36N4O10S3/c1-24-13-30-22-32(59(50,51)52)9-10-34(30)40(14-24)48-42-16-26(3)46-38-12-8-28(20-36(38)42)18-31(49)17-27-7-11-37-35(19-27)41(15-25(2)45-37)47-39-6-4-5-29-21-33(60(53,54)55)23-43(44(29)39)61(56,57)58/h4-16,19-23H,17-18H2,1-3H3,(H,45,47)(H,46,48)(H,50,51,52)(H,53,54,55)(H,56,57,58). The quantitative estimate of drug-likeness (QED) is 0.0767. The first kappa shape index (κ1) is 41.4. The van der Waals surface area contributed by atoms with Gasteiger partial charge in [-0.25, -0.2) is 0 Å². The van der Waals surface area contributed by atoms with Gasteiger partial charge in [0, 0.05) is 68.5 Å². The predicted octanol–water partition coefficient (Wildman–Crippen LogP) is 8.60. The van der Waals surface area contributed by atoms with Crippen LogP contribution in [0.3, 0.4) is 0 Å². The maximum atomic E-state index is 13.7. The highest BCUT2D eigenvalue weighted by atomic mass is 32.2. The number of nitrogens with zero attached hydrogens (tertiary/aromatic N) is 2. The van der Waals surface area contributed by atoms with E-state index in [9.17, 15) is 43.7 Å². The van der Waals surface area contributed by atoms with Gasteiger partial charge in [0.05, 0.1) is 20.8 Å². The molecule has 8 aromatic rings. The van der Waals surface area contributed by atoms with Crippen molar-refractivity contribution in [3.8, 4) is 0 Å². The second-order valence-corrected chi connectivity index (χ2v) is 19.1. The minimum absolute atomic E-state index is 0.00745. The Morgan fingerprint density at radius 2 is 1.07 bits per heavy atom. The van der Waals surface area contributed by atoms with Crippen LogP contribution in [0.15, 0.2) is 124 Å². The number of anilines is 4. The van der Waals surface area contributed by atoms with Gasteiger partial charge in [-0.1, -0.05) is 36.4 Å². The molecule has 0 bridgehead atoms. The van der Waals surface area contributed by atoms with Crippen LogP contribution in [-0.4, -0.2) is 54.7 Å². The molecule has 0 spiro atoms. The lowest BCUT2D eigenvalue weighted by Gasteiger charge is -2.16. The molecule has 0 aliphatic heterocycles. The fraction of sp³-hybridized carbons (Fsp3) is 0.114. The fourth-order valence-electron chi connectivity index (χ4n) is 7.63. The van der Waals surface area contributed by atoms with Crippen molar-refractivity contribution in [3.05, 3.63) is 137 Å². The summed E-state index contributed by atoms with van der Waals surface area (Å²) in [6, 6.07) is 29.2. The minimum Gasteiger partial charge on any atom is -0.354 e. The molecular formula is C44H36N4O10S3. The van der Waals surface area contributed by atoms with Gasteiger partial charge in [-0.05, 0) is 121 Å². The smallest absolute Gasteiger partial charge is 0.295 e. The van der Waals surface area contributed by atoms with Crippen LogP contribution < -0.4 is 10.6 Å². The van der Waals surface area contributed by atoms with E-state index in [4.69, 9.17) is 4.98 Å². The first-order valence-corrected chi connectivity index (χ1v) is 22.9. The third kappa shape index (κ3) is 8.65. The molecule has 5 N–H and O–H groups in total. The number of ketones is 1. The number of carbonyl (C=O) groups is 1. The number of Topliss-reactive ketones (excluding diaryl/α,β-unsaturated/α-hetero) is 1. The van der Waals surface area contributed by atoms with Crippen molar-refractivity contribution < 1.29 is 43.7 Å². The summed E-state index contributed by atoms with van der Waals surface area (Å²) in [6.07, 6.45) is 0.170. The number of hydrogen-bond acceptors (Lipinski definition) is 11. The molecule has 0 saturated carbocycles. The van der Waals surface area contributed by atoms with Crippen LogP contribution in [0, 0.1) is 20.8 Å². The van der Waals surface area contributed by atoms with Gasteiger partial charge >= 0.3 is 0 Å². The van der Waals surface area contributed by atoms with E-state index in [2.05, 4.69) is 15.6 Å². The molecule has 2 heterocycles. The zero-order valence-corrected chi connectivity index (χ0v) is 35.1. The van der Waals surface area contributed by atoms with Gasteiger partial charge in [-0.15, -0.1) is 0 Å². The summed E-state index contributed by atoms with van der Waals surface area (Å²) in [4.78, 5) is 21.4. The Morgan fingerprint density at radius 1 is 0.525 bits per heavy atom. The van der Waals surface area contributed by atoms with Crippen LogP contribution in [0.25, 0.3) is 43.4 Å². The monoisotopic (exact) mass is 876 g/mol. The first-order valence-electron chi connectivity index (χ1n) is 18.6. The number of benzene rings is 6. The third-order valence-corrected chi connectivity index (χ3v) is 12.8. The van der Waals surface area contributed by atoms with Crippen LogP contribution in [0.2, 0.25) is 0 Å². The number of rotatable bonds is 11. The van der Waals surface area contributed by atoms with Gasteiger partial charge in [-0.3, -0.25) is 28.4 Å². The van der Waals surface area contributed by atoms with E-state index in [1.54, 1.807) is 37.3 Å². The number of fused-ring (bicyclic) bond motifs is 4. The van der Waals surface area contributed by atoms with Crippen LogP contribution in [0.5, 0.6) is 0 Å². The molecule has 0 unspecified atom stereocenters. The zero-order chi connectivity index (χ0) is 43.6. The average Bonchev–Trinajstić information content (AvgIpc) is 3.16. The molecule has 14 nitrogen and oxygen atoms in total. The summed E-state index contributed by atoms with van der Waals surface area (Å²) in [5.41, 5.74) is 7.13. The van der Waals surface area contributed by atoms with Gasteiger partial charge in [0.25, 0.3) is 30.4 Å². The molecule has 0 aliphatic rings. The van der Waals surface area contributed by atoms with E-state index in [0.717, 1.165) is 39.3 Å². The molecule has 8 rings (SSSR count). The Kier molecular flexibility index (Phi) is 10.4. The summed E-state index contributed by atoms with van der Waals surface area (Å²) in [6.45, 7) is 5.53. The van der Waals surface area contributed by atoms with Crippen LogP contribution in [-0.2, 0) is 48.0 Å². The summed E-state index contributed by atoms with van der Waals surface area (Å²) in [5.74, 6) is -0.0799. The lowest BCUT2D eigenvalue weighted by atomic mass is 9.99. The largest absolute Gasteiger partial charge is 0.354 e. The summed E-state index contributed by atoms with van der Waals surface area (Å²) < 4.78 is 102. The highest BCUT2D eigenvalue weighted by Crippen LogP contribution is 2.37. The van der Waals surface area contributed by atoms with Gasteiger partial charge in [0.2, 0.25) is 0 Å². The van der Waals surface area contributed by atoms with E-state index >= 15 is 0 Å². The maximum Gasteiger partial charge on any atom is 0.295 e. The molecular weight excluding hydrogens is 841 g/mol. The van der Waals surface area contributed by atoms with Crippen LogP contribution >= 0.6 is 0 Å². The van der Waals surface area contributed by atoms with E-state index < -0.39 is 40.1 Å². The fourth-order valence-corrected chi connectivity index (χ4v) is 9.52. The highest BCUT2D eigenvalue weighted by molar-refractivity contribution is 7.87. The molecule has 0 radical (unpaired) electrons. The lowest BCUT2D eigenvalue weighted by Crippen LogP contribution is -2.07. The number of aromatic nitrogens is 2. The van der Waals surface area contributed by atoms with Gasteiger partial charge in [-0.2, -0.15) is 25.3 Å². The normalized spacial score (nSPS) is 12.4. The maximum absolute atomic E-state index is 13.7. The topological polar surface area (TPSA) is 230 Å². The second kappa shape index (κ2) is 15.3. The summed E-state index contributed by atoms with van der Waals surface area (Å²) in [7, 11) is -14.2. The molecule has 0 amide bonds. The molecule has 0 saturated heterocycles. The number of hydrogen-bond donors (Lipinski definition) is 5. The lowest BCUT2D eigenvalue weighted by molar-refractivity contribution is -0.117. The molecule has 6 aromatic carbocycles. The van der Waals surface area contributed by atoms with Crippen molar-refractivity contribution in [1.29, 1.82) is 0 Å². The SMILES string of the molecule is Cc1cc(Nc2cc(C)nc3ccc(CC(=O)Cc4ccc5nc(C)cc(Nc6cccc7cc(S(=O)(=O)O)cc(S(=O)(=O)O)c67)c5c4)cc23)c2ccc(S(=O)(=O)O)cc2c1. The molecule has 17 heteroatoms. The van der Waals surface area contributed by atoms with E-state index in [-0.39, 0.29) is 40.0 Å². The van der Waals surface area contributed by atoms with Gasteiger partial charge in [0.1, 0.15) is 10.7 Å². The minimum atomic E-state index is -4.97. The number of carbonyl (C=O) groups excluding carboxylic acids is 1. The Balaban J connectivity index is 1.09. The average molecular weight is 877 g/mol. The molecule has 0 fully saturated rings. The molecule has 0 aliphatic carbocycles. The second-order valence-electron chi connectivity index (χ2n) is 14.9. The van der Waals surface area contributed by atoms with Crippen molar-refractivity contribution in [2.75, 3.05) is 10.6 Å². The van der Waals surface area contributed by atoms with E-state index in [1.165, 1.54) is 18.2 Å². The van der Waals surface area contributed by atoms with Crippen molar-refractivity contribution >= 4 is 102 Å². The third-order valence-electron chi connectivity index (χ3n) is 10.2. The predicted molar refractivity (Wildman–Crippen MR) is 234 cm³/mol. The highest BCUT2D eigenvalue weighted by Gasteiger charge is 2.23. The van der Waals surface area contributed by atoms with E-state index in [0.29, 0.717) is 50.5 Å². The van der Waals surface area contributed by atoms with E-state index in [1.807, 2.05) is 62.4 Å². The molecule has 61 heavy (non-hydrogen) atoms. The number of pyridine rings is 2. The first-order chi connectivity index (χ1) is 28.7. The Bertz CT molecular complexity index is 3520. The zero-order valence-electron chi connectivity index (χ0n) is 32.6. The molecule has 2 aromatic heterocycles. The molecule has 310 valence electrons. The van der Waals surface area contributed by atoms with Gasteiger partial charge in [0.15, 0.2) is 0 Å². The van der Waals surface area contributed by atoms with Crippen molar-refractivity contribution in [2.24, 2.45) is 0 Å². The van der Waals surface area contributed by atoms with Crippen molar-refractivity contribution in [2.45, 2.75) is 48.3 Å². The summed E-state index contributed by atoms with van der Waals surface area (Å²) in [5, 5.41) is 9.57. The van der Waals surface area contributed by atoms with Crippen molar-refractivity contribution in [3.63, 3.8) is 0 Å². The van der Waals surface area contributed by atoms with Crippen LogP contribution in [0.4, 0.5) is 22.7 Å². The van der Waals surface area contributed by atoms with Gasteiger partial charge < -0.3 is 10.6 Å².